The molecule has 182 valence electrons. The minimum Gasteiger partial charge on any atom is -0.457 e. The number of fused-ring (bicyclic) bond motifs is 1. The molecule has 0 atom stereocenters. The van der Waals surface area contributed by atoms with E-state index in [-0.39, 0.29) is 12.3 Å². The highest BCUT2D eigenvalue weighted by atomic mass is 79.9. The Labute approximate surface area is 220 Å². The molecule has 0 fully saturated rings. The van der Waals surface area contributed by atoms with Gasteiger partial charge in [-0.15, -0.1) is 0 Å². The summed E-state index contributed by atoms with van der Waals surface area (Å²) in [6.07, 6.45) is 0. The van der Waals surface area contributed by atoms with Crippen molar-refractivity contribution in [3.8, 4) is 22.8 Å². The third-order valence-electron chi connectivity index (χ3n) is 5.63. The van der Waals surface area contributed by atoms with Crippen LogP contribution in [-0.2, 0) is 11.3 Å². The largest absolute Gasteiger partial charge is 0.457 e. The van der Waals surface area contributed by atoms with Crippen LogP contribution in [0.15, 0.2) is 108 Å². The zero-order valence-corrected chi connectivity index (χ0v) is 20.9. The van der Waals surface area contributed by atoms with Gasteiger partial charge >= 0.3 is 5.97 Å². The normalized spacial score (nSPS) is 10.7. The molecule has 8 heteroatoms. The van der Waals surface area contributed by atoms with Crippen molar-refractivity contribution in [1.29, 1.82) is 0 Å². The molecule has 4 aromatic carbocycles. The summed E-state index contributed by atoms with van der Waals surface area (Å²) >= 11 is 3.44. The van der Waals surface area contributed by atoms with Gasteiger partial charge in [0.15, 0.2) is 0 Å². The number of nitro benzene ring substituents is 1. The Kier molecular flexibility index (Phi) is 6.91. The molecule has 0 saturated heterocycles. The summed E-state index contributed by atoms with van der Waals surface area (Å²) < 4.78 is 12.4. The molecule has 0 radical (unpaired) electrons. The minimum atomic E-state index is -0.466. The number of rotatable bonds is 7. The molecule has 1 aromatic heterocycles. The summed E-state index contributed by atoms with van der Waals surface area (Å²) in [6, 6.07) is 29.9. The van der Waals surface area contributed by atoms with E-state index < -0.39 is 10.9 Å². The van der Waals surface area contributed by atoms with Crippen LogP contribution in [0.5, 0.6) is 11.5 Å². The second kappa shape index (κ2) is 10.6. The number of nitrogens with zero attached hydrogens (tertiary/aromatic N) is 2. The lowest BCUT2D eigenvalue weighted by atomic mass is 10.0. The zero-order valence-electron chi connectivity index (χ0n) is 19.3. The summed E-state index contributed by atoms with van der Waals surface area (Å²) in [6.45, 7) is 0.0422. The monoisotopic (exact) mass is 554 g/mol. The van der Waals surface area contributed by atoms with Crippen molar-refractivity contribution in [2.75, 3.05) is 0 Å². The predicted octanol–water partition coefficient (Wildman–Crippen LogP) is 7.72. The average molecular weight is 555 g/mol. The van der Waals surface area contributed by atoms with Crippen molar-refractivity contribution < 1.29 is 19.2 Å². The number of ether oxygens (including phenoxy) is 2. The molecule has 0 aliphatic carbocycles. The number of para-hydroxylation sites is 1. The van der Waals surface area contributed by atoms with Gasteiger partial charge in [0, 0.05) is 27.6 Å². The van der Waals surface area contributed by atoms with E-state index in [1.54, 1.807) is 24.3 Å². The number of halogens is 1. The molecule has 0 saturated carbocycles. The van der Waals surface area contributed by atoms with Gasteiger partial charge < -0.3 is 9.47 Å². The molecule has 0 aliphatic rings. The Morgan fingerprint density at radius 1 is 0.865 bits per heavy atom. The maximum Gasteiger partial charge on any atom is 0.339 e. The van der Waals surface area contributed by atoms with Crippen LogP contribution in [0.4, 0.5) is 5.69 Å². The highest BCUT2D eigenvalue weighted by Gasteiger charge is 2.16. The van der Waals surface area contributed by atoms with E-state index in [2.05, 4.69) is 15.9 Å². The predicted molar refractivity (Wildman–Crippen MR) is 144 cm³/mol. The summed E-state index contributed by atoms with van der Waals surface area (Å²) in [5, 5.41) is 11.5. The first-order chi connectivity index (χ1) is 18.0. The van der Waals surface area contributed by atoms with Crippen molar-refractivity contribution in [3.05, 3.63) is 129 Å². The van der Waals surface area contributed by atoms with Crippen molar-refractivity contribution in [1.82, 2.24) is 4.98 Å². The van der Waals surface area contributed by atoms with Crippen LogP contribution in [0.1, 0.15) is 15.9 Å². The molecule has 0 N–H and O–H groups in total. The first-order valence-corrected chi connectivity index (χ1v) is 12.1. The summed E-state index contributed by atoms with van der Waals surface area (Å²) in [4.78, 5) is 28.3. The van der Waals surface area contributed by atoms with Crippen molar-refractivity contribution in [2.24, 2.45) is 0 Å². The van der Waals surface area contributed by atoms with Crippen LogP contribution in [-0.4, -0.2) is 15.9 Å². The van der Waals surface area contributed by atoms with Gasteiger partial charge in [-0.2, -0.15) is 0 Å². The number of carbonyl (C=O) groups excluding carboxylic acids is 1. The van der Waals surface area contributed by atoms with Gasteiger partial charge in [0.1, 0.15) is 18.1 Å². The lowest BCUT2D eigenvalue weighted by molar-refractivity contribution is -0.384. The number of aromatic nitrogens is 1. The second-order valence-electron chi connectivity index (χ2n) is 8.16. The molecule has 0 aliphatic heterocycles. The van der Waals surface area contributed by atoms with E-state index in [1.807, 2.05) is 54.6 Å². The highest BCUT2D eigenvalue weighted by Crippen LogP contribution is 2.28. The molecule has 5 aromatic rings. The maximum atomic E-state index is 13.2. The summed E-state index contributed by atoms with van der Waals surface area (Å²) in [7, 11) is 0. The van der Waals surface area contributed by atoms with E-state index >= 15 is 0 Å². The van der Waals surface area contributed by atoms with E-state index in [0.29, 0.717) is 33.7 Å². The fourth-order valence-corrected chi connectivity index (χ4v) is 4.07. The number of pyridine rings is 1. The summed E-state index contributed by atoms with van der Waals surface area (Å²) in [5.74, 6) is 0.524. The van der Waals surface area contributed by atoms with Gasteiger partial charge in [-0.3, -0.25) is 10.1 Å². The van der Waals surface area contributed by atoms with E-state index in [9.17, 15) is 14.9 Å². The minimum absolute atomic E-state index is 0.0139. The Morgan fingerprint density at radius 3 is 2.38 bits per heavy atom. The molecule has 37 heavy (non-hydrogen) atoms. The van der Waals surface area contributed by atoms with E-state index in [0.717, 1.165) is 15.6 Å². The van der Waals surface area contributed by atoms with Crippen LogP contribution >= 0.6 is 15.9 Å². The Bertz CT molecular complexity index is 1600. The first kappa shape index (κ1) is 24.1. The third kappa shape index (κ3) is 5.65. The second-order valence-corrected chi connectivity index (χ2v) is 9.07. The topological polar surface area (TPSA) is 91.6 Å². The molecule has 0 spiro atoms. The van der Waals surface area contributed by atoms with Crippen molar-refractivity contribution in [2.45, 2.75) is 6.61 Å². The summed E-state index contributed by atoms with van der Waals surface area (Å²) in [5.41, 5.74) is 3.42. The SMILES string of the molecule is O=C(OCc1cccc(Oc2ccc([N+](=O)[O-])cc2)c1)c1cc(-c2ccc(Br)cc2)nc2ccccc12. The number of non-ortho nitro benzene ring substituents is 1. The molecule has 7 nitrogen and oxygen atoms in total. The molecular formula is C29H19BrN2O5. The smallest absolute Gasteiger partial charge is 0.339 e. The van der Waals surface area contributed by atoms with Crippen LogP contribution in [0.3, 0.4) is 0 Å². The number of hydrogen-bond acceptors (Lipinski definition) is 6. The third-order valence-corrected chi connectivity index (χ3v) is 6.16. The molecular weight excluding hydrogens is 536 g/mol. The fourth-order valence-electron chi connectivity index (χ4n) is 3.81. The lowest BCUT2D eigenvalue weighted by Gasteiger charge is -2.11. The zero-order chi connectivity index (χ0) is 25.8. The molecule has 5 rings (SSSR count). The molecule has 0 unspecified atom stereocenters. The first-order valence-electron chi connectivity index (χ1n) is 11.3. The Hall–Kier alpha value is -4.56. The van der Waals surface area contributed by atoms with Gasteiger partial charge in [-0.1, -0.05) is 58.4 Å². The number of hydrogen-bond donors (Lipinski definition) is 0. The quantitative estimate of drug-likeness (QED) is 0.116. The van der Waals surface area contributed by atoms with Crippen LogP contribution < -0.4 is 4.74 Å². The lowest BCUT2D eigenvalue weighted by Crippen LogP contribution is -2.07. The number of carbonyl (C=O) groups is 1. The molecule has 0 amide bonds. The van der Waals surface area contributed by atoms with E-state index in [4.69, 9.17) is 14.5 Å². The Balaban J connectivity index is 1.34. The van der Waals surface area contributed by atoms with Crippen LogP contribution in [0.2, 0.25) is 0 Å². The molecule has 0 bridgehead atoms. The fraction of sp³-hybridized carbons (Fsp3) is 0.0345. The van der Waals surface area contributed by atoms with Gasteiger partial charge in [-0.05, 0) is 54.1 Å². The van der Waals surface area contributed by atoms with Crippen LogP contribution in [0, 0.1) is 10.1 Å². The Morgan fingerprint density at radius 2 is 1.62 bits per heavy atom. The van der Waals surface area contributed by atoms with Crippen molar-refractivity contribution in [3.63, 3.8) is 0 Å². The standard InChI is InChI=1S/C29H19BrN2O5/c30-21-10-8-20(9-11-21)28-17-26(25-6-1-2-7-27(25)31-28)29(33)36-18-19-4-3-5-24(16-19)37-23-14-12-22(13-15-23)32(34)35/h1-17H,18H2. The van der Waals surface area contributed by atoms with Gasteiger partial charge in [0.05, 0.1) is 21.7 Å². The number of nitro groups is 1. The van der Waals surface area contributed by atoms with Gasteiger partial charge in [-0.25, -0.2) is 9.78 Å². The maximum absolute atomic E-state index is 13.2. The molecule has 1 heterocycles. The number of benzene rings is 4. The van der Waals surface area contributed by atoms with Gasteiger partial charge in [0.2, 0.25) is 0 Å². The highest BCUT2D eigenvalue weighted by molar-refractivity contribution is 9.10. The van der Waals surface area contributed by atoms with Gasteiger partial charge in [0.25, 0.3) is 5.69 Å². The van der Waals surface area contributed by atoms with Crippen molar-refractivity contribution >= 4 is 38.5 Å². The average Bonchev–Trinajstić information content (AvgIpc) is 2.92. The van der Waals surface area contributed by atoms with Crippen LogP contribution in [0.25, 0.3) is 22.2 Å². The number of esters is 1. The van der Waals surface area contributed by atoms with E-state index in [1.165, 1.54) is 24.3 Å².